The summed E-state index contributed by atoms with van der Waals surface area (Å²) in [6.07, 6.45) is 5.71. The van der Waals surface area contributed by atoms with E-state index in [-0.39, 0.29) is 0 Å². The number of ether oxygens (including phenoxy) is 1. The van der Waals surface area contributed by atoms with E-state index < -0.39 is 0 Å². The normalized spacial score (nSPS) is 24.8. The van der Waals surface area contributed by atoms with Crippen LogP contribution in [0.15, 0.2) is 18.3 Å². The van der Waals surface area contributed by atoms with Crippen LogP contribution in [0.4, 0.5) is 0 Å². The van der Waals surface area contributed by atoms with E-state index in [1.807, 2.05) is 37.0 Å². The van der Waals surface area contributed by atoms with Gasteiger partial charge in [0.25, 0.3) is 0 Å². The van der Waals surface area contributed by atoms with Gasteiger partial charge in [-0.15, -0.1) is 10.2 Å². The second kappa shape index (κ2) is 8.05. The first-order valence-electron chi connectivity index (χ1n) is 11.0. The highest BCUT2D eigenvalue weighted by Crippen LogP contribution is 2.42. The Kier molecular flexibility index (Phi) is 5.65. The van der Waals surface area contributed by atoms with Crippen LogP contribution in [0.25, 0.3) is 11.4 Å². The van der Waals surface area contributed by atoms with Crippen LogP contribution in [-0.2, 0) is 7.05 Å². The van der Waals surface area contributed by atoms with Crippen molar-refractivity contribution in [2.24, 2.45) is 30.2 Å². The van der Waals surface area contributed by atoms with Gasteiger partial charge in [0.15, 0.2) is 0 Å². The molecule has 2 unspecified atom stereocenters. The molecule has 6 nitrogen and oxygen atoms in total. The predicted octanol–water partition coefficient (Wildman–Crippen LogP) is 3.96. The molecular formula is C23H35N5O. The number of hydrogen-bond acceptors (Lipinski definition) is 5. The molecule has 6 heteroatoms. The molecular weight excluding hydrogens is 362 g/mol. The second-order valence-electron chi connectivity index (χ2n) is 10.3. The first-order chi connectivity index (χ1) is 13.8. The van der Waals surface area contributed by atoms with E-state index in [0.717, 1.165) is 35.4 Å². The minimum absolute atomic E-state index is 0.431. The zero-order valence-electron chi connectivity index (χ0n) is 18.6. The van der Waals surface area contributed by atoms with Crippen molar-refractivity contribution in [3.05, 3.63) is 23.9 Å². The molecule has 1 aliphatic carbocycles. The predicted molar refractivity (Wildman–Crippen MR) is 115 cm³/mol. The number of likely N-dealkylation sites (tertiary alicyclic amines) is 1. The fraction of sp³-hybridized carbons (Fsp3) is 0.696. The molecule has 0 spiro atoms. The standard InChI is InChI=1S/C23H35N5O/c1-16-12-24-27(5)22(16)20-6-7-21(26-25-20)29-15-17-10-18-13-28(14-19(18)11-17)9-8-23(2,3)4/h6-7,12,17-19H,8-11,13-15H2,1-5H3/t17?,18-,19?/m1/s1. The Morgan fingerprint density at radius 2 is 1.83 bits per heavy atom. The number of rotatable bonds is 6. The minimum atomic E-state index is 0.431. The molecule has 1 saturated heterocycles. The van der Waals surface area contributed by atoms with Crippen LogP contribution < -0.4 is 4.74 Å². The third kappa shape index (κ3) is 4.80. The Labute approximate surface area is 174 Å². The Bertz CT molecular complexity index is 789. The average molecular weight is 398 g/mol. The highest BCUT2D eigenvalue weighted by Gasteiger charge is 2.40. The lowest BCUT2D eigenvalue weighted by molar-refractivity contribution is 0.212. The van der Waals surface area contributed by atoms with Crippen molar-refractivity contribution in [3.8, 4) is 17.3 Å². The molecule has 2 aromatic rings. The summed E-state index contributed by atoms with van der Waals surface area (Å²) in [6, 6.07) is 3.90. The number of hydrogen-bond donors (Lipinski definition) is 0. The van der Waals surface area contributed by atoms with Crippen molar-refractivity contribution in [3.63, 3.8) is 0 Å². The van der Waals surface area contributed by atoms with Crippen molar-refractivity contribution < 1.29 is 4.74 Å². The Morgan fingerprint density at radius 3 is 2.38 bits per heavy atom. The molecule has 0 radical (unpaired) electrons. The van der Waals surface area contributed by atoms with Crippen LogP contribution in [0, 0.1) is 30.1 Å². The summed E-state index contributed by atoms with van der Waals surface area (Å²) >= 11 is 0. The molecule has 1 saturated carbocycles. The van der Waals surface area contributed by atoms with Crippen molar-refractivity contribution in [1.82, 2.24) is 24.9 Å². The molecule has 2 fully saturated rings. The number of aryl methyl sites for hydroxylation is 2. The lowest BCUT2D eigenvalue weighted by Gasteiger charge is -2.24. The quantitative estimate of drug-likeness (QED) is 0.738. The van der Waals surface area contributed by atoms with Gasteiger partial charge in [0.05, 0.1) is 18.5 Å². The number of aromatic nitrogens is 4. The van der Waals surface area contributed by atoms with Gasteiger partial charge in [0.2, 0.25) is 5.88 Å². The fourth-order valence-corrected chi connectivity index (χ4v) is 4.98. The third-order valence-corrected chi connectivity index (χ3v) is 6.57. The zero-order valence-corrected chi connectivity index (χ0v) is 18.6. The van der Waals surface area contributed by atoms with E-state index in [2.05, 4.69) is 41.0 Å². The zero-order chi connectivity index (χ0) is 20.6. The van der Waals surface area contributed by atoms with E-state index in [1.54, 1.807) is 0 Å². The van der Waals surface area contributed by atoms with Crippen molar-refractivity contribution in [2.75, 3.05) is 26.2 Å². The number of fused-ring (bicyclic) bond motifs is 1. The van der Waals surface area contributed by atoms with Gasteiger partial charge < -0.3 is 9.64 Å². The molecule has 0 bridgehead atoms. The summed E-state index contributed by atoms with van der Waals surface area (Å²) < 4.78 is 7.83. The Hall–Kier alpha value is -1.95. The molecule has 3 heterocycles. The summed E-state index contributed by atoms with van der Waals surface area (Å²) in [6.45, 7) is 13.6. The van der Waals surface area contributed by atoms with Crippen LogP contribution in [-0.4, -0.2) is 51.1 Å². The maximum atomic E-state index is 6.00. The molecule has 0 N–H and O–H groups in total. The molecule has 4 rings (SSSR count). The maximum absolute atomic E-state index is 6.00. The fourth-order valence-electron chi connectivity index (χ4n) is 4.98. The summed E-state index contributed by atoms with van der Waals surface area (Å²) in [5, 5.41) is 12.9. The molecule has 0 aromatic carbocycles. The van der Waals surface area contributed by atoms with Gasteiger partial charge in [-0.2, -0.15) is 5.10 Å². The number of nitrogens with zero attached hydrogens (tertiary/aromatic N) is 5. The largest absolute Gasteiger partial charge is 0.476 e. The first kappa shape index (κ1) is 20.3. The van der Waals surface area contributed by atoms with E-state index in [4.69, 9.17) is 4.74 Å². The Morgan fingerprint density at radius 1 is 1.10 bits per heavy atom. The highest BCUT2D eigenvalue weighted by molar-refractivity contribution is 5.58. The monoisotopic (exact) mass is 397 g/mol. The smallest absolute Gasteiger partial charge is 0.233 e. The average Bonchev–Trinajstić information content (AvgIpc) is 3.31. The molecule has 0 amide bonds. The molecule has 29 heavy (non-hydrogen) atoms. The third-order valence-electron chi connectivity index (χ3n) is 6.57. The molecule has 2 aromatic heterocycles. The summed E-state index contributed by atoms with van der Waals surface area (Å²) in [5.74, 6) is 2.97. The Balaban J connectivity index is 1.24. The van der Waals surface area contributed by atoms with E-state index in [9.17, 15) is 0 Å². The van der Waals surface area contributed by atoms with Crippen molar-refractivity contribution >= 4 is 0 Å². The van der Waals surface area contributed by atoms with Crippen LogP contribution >= 0.6 is 0 Å². The first-order valence-corrected chi connectivity index (χ1v) is 11.0. The van der Waals surface area contributed by atoms with Crippen molar-refractivity contribution in [1.29, 1.82) is 0 Å². The van der Waals surface area contributed by atoms with E-state index >= 15 is 0 Å². The highest BCUT2D eigenvalue weighted by atomic mass is 16.5. The van der Waals surface area contributed by atoms with Crippen LogP contribution in [0.2, 0.25) is 0 Å². The van der Waals surface area contributed by atoms with Crippen LogP contribution in [0.3, 0.4) is 0 Å². The van der Waals surface area contributed by atoms with E-state index in [1.165, 1.54) is 38.9 Å². The van der Waals surface area contributed by atoms with Crippen molar-refractivity contribution in [2.45, 2.75) is 47.0 Å². The van der Waals surface area contributed by atoms with Gasteiger partial charge in [0.1, 0.15) is 5.69 Å². The maximum Gasteiger partial charge on any atom is 0.233 e. The van der Waals surface area contributed by atoms with Gasteiger partial charge in [-0.05, 0) is 67.5 Å². The SMILES string of the molecule is Cc1cnn(C)c1-c1ccc(OCC2CC3CN(CCC(C)(C)C)C[C@H]3C2)nn1. The van der Waals surface area contributed by atoms with Gasteiger partial charge in [0, 0.05) is 26.2 Å². The second-order valence-corrected chi connectivity index (χ2v) is 10.3. The molecule has 3 atom stereocenters. The summed E-state index contributed by atoms with van der Waals surface area (Å²) in [5.41, 5.74) is 3.37. The lowest BCUT2D eigenvalue weighted by atomic mass is 9.92. The topological polar surface area (TPSA) is 56.1 Å². The summed E-state index contributed by atoms with van der Waals surface area (Å²) in [7, 11) is 1.93. The van der Waals surface area contributed by atoms with Crippen LogP contribution in [0.5, 0.6) is 5.88 Å². The van der Waals surface area contributed by atoms with Gasteiger partial charge in [-0.25, -0.2) is 0 Å². The lowest BCUT2D eigenvalue weighted by Crippen LogP contribution is -2.27. The van der Waals surface area contributed by atoms with Gasteiger partial charge >= 0.3 is 0 Å². The van der Waals surface area contributed by atoms with E-state index in [0.29, 0.717) is 17.2 Å². The van der Waals surface area contributed by atoms with Gasteiger partial charge in [-0.1, -0.05) is 20.8 Å². The van der Waals surface area contributed by atoms with Gasteiger partial charge in [-0.3, -0.25) is 4.68 Å². The molecule has 1 aliphatic heterocycles. The van der Waals surface area contributed by atoms with Crippen LogP contribution in [0.1, 0.15) is 45.6 Å². The minimum Gasteiger partial charge on any atom is -0.476 e. The summed E-state index contributed by atoms with van der Waals surface area (Å²) in [4.78, 5) is 2.68. The molecule has 2 aliphatic rings. The molecule has 158 valence electrons.